The van der Waals surface area contributed by atoms with Crippen molar-refractivity contribution in [3.8, 4) is 5.75 Å². The summed E-state index contributed by atoms with van der Waals surface area (Å²) in [6.07, 6.45) is 7.29. The zero-order valence-electron chi connectivity index (χ0n) is 21.5. The molecule has 7 heteroatoms. The van der Waals surface area contributed by atoms with Crippen molar-refractivity contribution in [1.29, 1.82) is 0 Å². The molecule has 3 aliphatic carbocycles. The Morgan fingerprint density at radius 1 is 1.15 bits per heavy atom. The van der Waals surface area contributed by atoms with Gasteiger partial charge in [-0.15, -0.1) is 0 Å². The van der Waals surface area contributed by atoms with E-state index in [0.29, 0.717) is 28.9 Å². The average Bonchev–Trinajstić information content (AvgIpc) is 3.11. The summed E-state index contributed by atoms with van der Waals surface area (Å²) in [7, 11) is -4.00. The van der Waals surface area contributed by atoms with Gasteiger partial charge in [0.05, 0.1) is 6.61 Å². The van der Waals surface area contributed by atoms with Gasteiger partial charge in [-0.3, -0.25) is 0 Å². The SMILES string of the molecule is CCN(CC)CCOCC[C@H]1CC[C@H]2[C@@H]3[C@H](C)Cc4cc(OS(N)(=O)=O)ccc4[C@H]3CC[C@]12C. The molecular formula is C27H44N2O4S. The van der Waals surface area contributed by atoms with Crippen LogP contribution in [0, 0.1) is 29.1 Å². The van der Waals surface area contributed by atoms with Crippen LogP contribution in [0.25, 0.3) is 0 Å². The first-order chi connectivity index (χ1) is 16.2. The highest BCUT2D eigenvalue weighted by Crippen LogP contribution is 2.64. The van der Waals surface area contributed by atoms with Crippen molar-refractivity contribution in [2.45, 2.75) is 72.1 Å². The normalized spacial score (nSPS) is 32.8. The van der Waals surface area contributed by atoms with E-state index in [9.17, 15) is 8.42 Å². The number of benzene rings is 1. The van der Waals surface area contributed by atoms with Gasteiger partial charge in [0.1, 0.15) is 5.75 Å². The topological polar surface area (TPSA) is 81.9 Å². The van der Waals surface area contributed by atoms with Gasteiger partial charge in [0.2, 0.25) is 0 Å². The Hall–Kier alpha value is -1.15. The van der Waals surface area contributed by atoms with Crippen LogP contribution >= 0.6 is 0 Å². The second kappa shape index (κ2) is 10.5. The van der Waals surface area contributed by atoms with Gasteiger partial charge in [-0.05, 0) is 110 Å². The maximum Gasteiger partial charge on any atom is 0.380 e. The summed E-state index contributed by atoms with van der Waals surface area (Å²) in [5.74, 6) is 3.68. The Labute approximate surface area is 206 Å². The standard InChI is InChI=1S/C27H44N2O4S/c1-5-29(6-2)14-16-32-15-12-21-7-10-25-26-19(3)17-20-18-22(33-34(28,30)31)8-9-23(20)24(26)11-13-27(21,25)4/h8-9,18-19,21,24-26H,5-7,10-17H2,1-4H3,(H2,28,30,31)/t19-,21-,24-,25+,26-,27-/m1/s1. The lowest BCUT2D eigenvalue weighted by Crippen LogP contribution is -2.45. The van der Waals surface area contributed by atoms with Crippen LogP contribution in [-0.2, 0) is 21.5 Å². The zero-order chi connectivity index (χ0) is 24.5. The molecule has 1 aromatic rings. The van der Waals surface area contributed by atoms with Crippen molar-refractivity contribution in [2.24, 2.45) is 34.2 Å². The predicted molar refractivity (Wildman–Crippen MR) is 136 cm³/mol. The zero-order valence-corrected chi connectivity index (χ0v) is 22.3. The largest absolute Gasteiger partial charge is 0.380 e. The molecule has 192 valence electrons. The van der Waals surface area contributed by atoms with Crippen molar-refractivity contribution in [3.63, 3.8) is 0 Å². The molecule has 4 rings (SSSR count). The van der Waals surface area contributed by atoms with Crippen LogP contribution in [-0.4, -0.2) is 46.2 Å². The highest BCUT2D eigenvalue weighted by molar-refractivity contribution is 7.84. The molecule has 2 fully saturated rings. The first kappa shape index (κ1) is 25.9. The van der Waals surface area contributed by atoms with E-state index in [1.54, 1.807) is 6.07 Å². The number of hydrogen-bond donors (Lipinski definition) is 1. The number of nitrogens with two attached hydrogens (primary N) is 1. The molecule has 0 aliphatic heterocycles. The maximum absolute atomic E-state index is 11.4. The lowest BCUT2D eigenvalue weighted by Gasteiger charge is -2.53. The van der Waals surface area contributed by atoms with Gasteiger partial charge in [0, 0.05) is 13.2 Å². The number of fused-ring (bicyclic) bond motifs is 5. The second-order valence-electron chi connectivity index (χ2n) is 11.2. The van der Waals surface area contributed by atoms with Gasteiger partial charge in [0.15, 0.2) is 0 Å². The van der Waals surface area contributed by atoms with Crippen molar-refractivity contribution in [3.05, 3.63) is 29.3 Å². The molecule has 0 amide bonds. The number of hydrogen-bond acceptors (Lipinski definition) is 5. The fourth-order valence-electron chi connectivity index (χ4n) is 7.78. The Balaban J connectivity index is 1.41. The van der Waals surface area contributed by atoms with Crippen LogP contribution in [0.2, 0.25) is 0 Å². The minimum Gasteiger partial charge on any atom is -0.380 e. The number of ether oxygens (including phenoxy) is 1. The summed E-state index contributed by atoms with van der Waals surface area (Å²) in [4.78, 5) is 2.42. The summed E-state index contributed by atoms with van der Waals surface area (Å²) in [5, 5.41) is 5.08. The molecule has 0 aromatic heterocycles. The maximum atomic E-state index is 11.4. The van der Waals surface area contributed by atoms with Crippen molar-refractivity contribution < 1.29 is 17.3 Å². The van der Waals surface area contributed by atoms with E-state index < -0.39 is 10.3 Å². The van der Waals surface area contributed by atoms with Crippen LogP contribution in [0.4, 0.5) is 0 Å². The van der Waals surface area contributed by atoms with Crippen molar-refractivity contribution >= 4 is 10.3 Å². The van der Waals surface area contributed by atoms with E-state index in [1.165, 1.54) is 43.2 Å². The van der Waals surface area contributed by atoms with Crippen molar-refractivity contribution in [1.82, 2.24) is 4.90 Å². The minimum absolute atomic E-state index is 0.328. The van der Waals surface area contributed by atoms with Crippen LogP contribution in [0.1, 0.15) is 76.8 Å². The summed E-state index contributed by atoms with van der Waals surface area (Å²) < 4.78 is 33.8. The fourth-order valence-corrected chi connectivity index (χ4v) is 8.16. The highest BCUT2D eigenvalue weighted by atomic mass is 32.2. The Kier molecular flexibility index (Phi) is 7.97. The number of likely N-dealkylation sites (N-methyl/N-ethyl adjacent to an activating group) is 1. The predicted octanol–water partition coefficient (Wildman–Crippen LogP) is 4.74. The molecule has 3 aliphatic rings. The molecule has 0 heterocycles. The first-order valence-corrected chi connectivity index (χ1v) is 14.8. The second-order valence-corrected chi connectivity index (χ2v) is 12.3. The number of nitrogens with zero attached hydrogens (tertiary/aromatic N) is 1. The minimum atomic E-state index is -4.00. The Morgan fingerprint density at radius 2 is 1.91 bits per heavy atom. The molecule has 1 aromatic carbocycles. The van der Waals surface area contributed by atoms with Crippen molar-refractivity contribution in [2.75, 3.05) is 32.8 Å². The van der Waals surface area contributed by atoms with Gasteiger partial charge in [-0.2, -0.15) is 13.6 Å². The summed E-state index contributed by atoms with van der Waals surface area (Å²) >= 11 is 0. The third-order valence-electron chi connectivity index (χ3n) is 9.51. The quantitative estimate of drug-likeness (QED) is 0.477. The Bertz CT molecular complexity index is 948. The molecule has 2 N–H and O–H groups in total. The average molecular weight is 493 g/mol. The third-order valence-corrected chi connectivity index (χ3v) is 9.94. The molecule has 0 radical (unpaired) electrons. The van der Waals surface area contributed by atoms with E-state index in [4.69, 9.17) is 14.1 Å². The highest BCUT2D eigenvalue weighted by Gasteiger charge is 2.55. The molecule has 2 saturated carbocycles. The van der Waals surface area contributed by atoms with Gasteiger partial charge in [-0.25, -0.2) is 0 Å². The van der Waals surface area contributed by atoms with E-state index in [0.717, 1.165) is 51.1 Å². The lowest BCUT2D eigenvalue weighted by molar-refractivity contribution is -0.00511. The van der Waals surface area contributed by atoms with Crippen LogP contribution in [0.5, 0.6) is 5.75 Å². The third kappa shape index (κ3) is 5.32. The molecule has 6 atom stereocenters. The lowest BCUT2D eigenvalue weighted by atomic mass is 9.51. The monoisotopic (exact) mass is 492 g/mol. The van der Waals surface area contributed by atoms with Gasteiger partial charge < -0.3 is 13.8 Å². The van der Waals surface area contributed by atoms with Gasteiger partial charge >= 0.3 is 10.3 Å². The van der Waals surface area contributed by atoms with E-state index in [2.05, 4.69) is 38.7 Å². The van der Waals surface area contributed by atoms with Gasteiger partial charge in [-0.1, -0.05) is 33.8 Å². The molecule has 0 unspecified atom stereocenters. The molecule has 0 spiro atoms. The smallest absolute Gasteiger partial charge is 0.380 e. The fraction of sp³-hybridized carbons (Fsp3) is 0.778. The van der Waals surface area contributed by atoms with Crippen LogP contribution in [0.15, 0.2) is 18.2 Å². The van der Waals surface area contributed by atoms with E-state index in [-0.39, 0.29) is 0 Å². The molecule has 34 heavy (non-hydrogen) atoms. The molecule has 6 nitrogen and oxygen atoms in total. The summed E-state index contributed by atoms with van der Waals surface area (Å²) in [6.45, 7) is 14.3. The summed E-state index contributed by atoms with van der Waals surface area (Å²) in [6, 6.07) is 5.77. The molecule has 0 saturated heterocycles. The first-order valence-electron chi connectivity index (χ1n) is 13.3. The Morgan fingerprint density at radius 3 is 2.62 bits per heavy atom. The van der Waals surface area contributed by atoms with Crippen LogP contribution < -0.4 is 9.32 Å². The van der Waals surface area contributed by atoms with E-state index in [1.807, 2.05) is 6.07 Å². The number of rotatable bonds is 10. The molecular weight excluding hydrogens is 448 g/mol. The van der Waals surface area contributed by atoms with E-state index >= 15 is 0 Å². The summed E-state index contributed by atoms with van der Waals surface area (Å²) in [5.41, 5.74) is 3.04. The van der Waals surface area contributed by atoms with Gasteiger partial charge in [0.25, 0.3) is 0 Å². The molecule has 0 bridgehead atoms. The van der Waals surface area contributed by atoms with Crippen LogP contribution in [0.3, 0.4) is 0 Å².